The first kappa shape index (κ1) is 14.5. The third-order valence-electron chi connectivity index (χ3n) is 4.16. The van der Waals surface area contributed by atoms with Crippen LogP contribution in [0.3, 0.4) is 0 Å². The van der Waals surface area contributed by atoms with Gasteiger partial charge in [0.15, 0.2) is 0 Å². The maximum absolute atomic E-state index is 13.5. The predicted molar refractivity (Wildman–Crippen MR) is 77.5 cm³/mol. The third-order valence-corrected chi connectivity index (χ3v) is 4.16. The molecule has 1 aliphatic rings. The quantitative estimate of drug-likeness (QED) is 0.909. The predicted octanol–water partition coefficient (Wildman–Crippen LogP) is 3.11. The molecule has 1 aromatic carbocycles. The molecule has 1 fully saturated rings. The summed E-state index contributed by atoms with van der Waals surface area (Å²) in [6.07, 6.45) is 1.27. The zero-order chi connectivity index (χ0) is 14.0. The van der Waals surface area contributed by atoms with Crippen molar-refractivity contribution in [3.05, 3.63) is 35.1 Å². The Morgan fingerprint density at radius 1 is 1.32 bits per heavy atom. The van der Waals surface area contributed by atoms with E-state index in [4.69, 9.17) is 5.73 Å². The Labute approximate surface area is 115 Å². The van der Waals surface area contributed by atoms with Crippen molar-refractivity contribution in [2.45, 2.75) is 33.2 Å². The third kappa shape index (κ3) is 3.34. The molecule has 0 saturated carbocycles. The monoisotopic (exact) mass is 264 g/mol. The molecule has 3 atom stereocenters. The number of hydrogen-bond acceptors (Lipinski definition) is 2. The average Bonchev–Trinajstić information content (AvgIpc) is 2.33. The number of aryl methyl sites for hydroxylation is 1. The lowest BCUT2D eigenvalue weighted by atomic mass is 9.89. The van der Waals surface area contributed by atoms with E-state index < -0.39 is 0 Å². The van der Waals surface area contributed by atoms with E-state index in [2.05, 4.69) is 18.7 Å². The van der Waals surface area contributed by atoms with E-state index in [0.717, 1.165) is 24.2 Å². The maximum Gasteiger partial charge on any atom is 0.123 e. The normalized spacial score (nSPS) is 26.4. The molecule has 0 amide bonds. The van der Waals surface area contributed by atoms with E-state index >= 15 is 0 Å². The van der Waals surface area contributed by atoms with Gasteiger partial charge in [0, 0.05) is 25.7 Å². The molecule has 2 N–H and O–H groups in total. The van der Waals surface area contributed by atoms with Crippen molar-refractivity contribution in [1.29, 1.82) is 0 Å². The molecule has 0 bridgehead atoms. The molecule has 1 saturated heterocycles. The van der Waals surface area contributed by atoms with E-state index in [9.17, 15) is 4.39 Å². The van der Waals surface area contributed by atoms with Gasteiger partial charge < -0.3 is 5.73 Å². The van der Waals surface area contributed by atoms with Crippen LogP contribution in [0.5, 0.6) is 0 Å². The first-order valence-electron chi connectivity index (χ1n) is 7.21. The first-order valence-corrected chi connectivity index (χ1v) is 7.21. The van der Waals surface area contributed by atoms with E-state index in [0.29, 0.717) is 18.4 Å². The Morgan fingerprint density at radius 2 is 1.95 bits per heavy atom. The molecular weight excluding hydrogens is 239 g/mol. The van der Waals surface area contributed by atoms with Gasteiger partial charge in [0.2, 0.25) is 0 Å². The van der Waals surface area contributed by atoms with Gasteiger partial charge in [0.25, 0.3) is 0 Å². The average molecular weight is 264 g/mol. The molecule has 0 aliphatic carbocycles. The van der Waals surface area contributed by atoms with Gasteiger partial charge in [-0.05, 0) is 48.4 Å². The minimum atomic E-state index is -0.169. The smallest absolute Gasteiger partial charge is 0.123 e. The lowest BCUT2D eigenvalue weighted by molar-refractivity contribution is 0.0980. The minimum absolute atomic E-state index is 0.140. The zero-order valence-electron chi connectivity index (χ0n) is 12.2. The van der Waals surface area contributed by atoms with Gasteiger partial charge in [-0.2, -0.15) is 0 Å². The maximum atomic E-state index is 13.5. The molecule has 3 heteroatoms. The highest BCUT2D eigenvalue weighted by molar-refractivity contribution is 5.30. The topological polar surface area (TPSA) is 29.3 Å². The summed E-state index contributed by atoms with van der Waals surface area (Å²) in [5, 5.41) is 0. The van der Waals surface area contributed by atoms with Crippen molar-refractivity contribution in [3.63, 3.8) is 0 Å². The van der Waals surface area contributed by atoms with Gasteiger partial charge in [-0.3, -0.25) is 4.90 Å². The Bertz CT molecular complexity index is 423. The second kappa shape index (κ2) is 6.02. The number of halogens is 1. The zero-order valence-corrected chi connectivity index (χ0v) is 12.2. The molecule has 2 nitrogen and oxygen atoms in total. The van der Waals surface area contributed by atoms with Crippen LogP contribution in [0.4, 0.5) is 4.39 Å². The van der Waals surface area contributed by atoms with Crippen molar-refractivity contribution in [1.82, 2.24) is 4.90 Å². The lowest BCUT2D eigenvalue weighted by Gasteiger charge is -2.40. The molecule has 1 aromatic rings. The Hall–Kier alpha value is -0.930. The van der Waals surface area contributed by atoms with Crippen molar-refractivity contribution in [2.75, 3.05) is 19.6 Å². The van der Waals surface area contributed by atoms with Crippen LogP contribution in [0.2, 0.25) is 0 Å². The second-order valence-electron chi connectivity index (χ2n) is 6.15. The number of benzene rings is 1. The molecule has 0 spiro atoms. The van der Waals surface area contributed by atoms with Crippen LogP contribution in [-0.2, 0) is 0 Å². The second-order valence-corrected chi connectivity index (χ2v) is 6.15. The van der Waals surface area contributed by atoms with Crippen LogP contribution in [0, 0.1) is 24.6 Å². The van der Waals surface area contributed by atoms with Crippen molar-refractivity contribution in [3.8, 4) is 0 Å². The van der Waals surface area contributed by atoms with Crippen molar-refractivity contribution in [2.24, 2.45) is 17.6 Å². The van der Waals surface area contributed by atoms with Crippen LogP contribution in [0.1, 0.15) is 37.4 Å². The molecular formula is C16H25FN2. The van der Waals surface area contributed by atoms with Gasteiger partial charge in [0.05, 0.1) is 0 Å². The minimum Gasteiger partial charge on any atom is -0.329 e. The van der Waals surface area contributed by atoms with E-state index in [-0.39, 0.29) is 11.9 Å². The van der Waals surface area contributed by atoms with E-state index in [1.165, 1.54) is 12.5 Å². The summed E-state index contributed by atoms with van der Waals surface area (Å²) >= 11 is 0. The van der Waals surface area contributed by atoms with E-state index in [1.807, 2.05) is 13.0 Å². The van der Waals surface area contributed by atoms with Gasteiger partial charge in [-0.1, -0.05) is 19.9 Å². The Balaban J connectivity index is 2.26. The fourth-order valence-electron chi connectivity index (χ4n) is 3.41. The fourth-order valence-corrected chi connectivity index (χ4v) is 3.41. The number of rotatable bonds is 3. The molecule has 1 heterocycles. The highest BCUT2D eigenvalue weighted by atomic mass is 19.1. The molecule has 0 aromatic heterocycles. The summed E-state index contributed by atoms with van der Waals surface area (Å²) in [6, 6.07) is 5.16. The molecule has 0 radical (unpaired) electrons. The molecule has 106 valence electrons. The number of nitrogens with two attached hydrogens (primary N) is 1. The molecule has 3 unspecified atom stereocenters. The summed E-state index contributed by atoms with van der Waals surface area (Å²) in [7, 11) is 0. The van der Waals surface area contributed by atoms with Gasteiger partial charge in [0.1, 0.15) is 5.82 Å². The first-order chi connectivity index (χ1) is 9.01. The Kier molecular flexibility index (Phi) is 4.58. The molecule has 19 heavy (non-hydrogen) atoms. The number of hydrogen-bond donors (Lipinski definition) is 1. The standard InChI is InChI=1S/C16H25FN2/c1-11-6-12(2)10-19(9-11)16(8-18)15-7-14(17)5-4-13(15)3/h4-5,7,11-12,16H,6,8-10,18H2,1-3H3. The van der Waals surface area contributed by atoms with Gasteiger partial charge >= 0.3 is 0 Å². The van der Waals surface area contributed by atoms with Crippen LogP contribution in [-0.4, -0.2) is 24.5 Å². The van der Waals surface area contributed by atoms with Crippen LogP contribution in [0.25, 0.3) is 0 Å². The van der Waals surface area contributed by atoms with Gasteiger partial charge in [-0.15, -0.1) is 0 Å². The summed E-state index contributed by atoms with van der Waals surface area (Å²) in [6.45, 7) is 9.27. The van der Waals surface area contributed by atoms with Crippen LogP contribution < -0.4 is 5.73 Å². The van der Waals surface area contributed by atoms with Gasteiger partial charge in [-0.25, -0.2) is 4.39 Å². The van der Waals surface area contributed by atoms with Crippen molar-refractivity contribution >= 4 is 0 Å². The summed E-state index contributed by atoms with van der Waals surface area (Å²) in [4.78, 5) is 2.43. The fraction of sp³-hybridized carbons (Fsp3) is 0.625. The highest BCUT2D eigenvalue weighted by Gasteiger charge is 2.28. The van der Waals surface area contributed by atoms with Crippen LogP contribution in [0.15, 0.2) is 18.2 Å². The number of piperidine rings is 1. The molecule has 2 rings (SSSR count). The van der Waals surface area contributed by atoms with Crippen molar-refractivity contribution < 1.29 is 4.39 Å². The van der Waals surface area contributed by atoms with Crippen LogP contribution >= 0.6 is 0 Å². The number of nitrogens with zero attached hydrogens (tertiary/aromatic N) is 1. The Morgan fingerprint density at radius 3 is 2.53 bits per heavy atom. The summed E-state index contributed by atoms with van der Waals surface area (Å²) in [5.41, 5.74) is 8.15. The summed E-state index contributed by atoms with van der Waals surface area (Å²) < 4.78 is 13.5. The van der Waals surface area contributed by atoms with E-state index in [1.54, 1.807) is 6.07 Å². The SMILES string of the molecule is Cc1ccc(F)cc1C(CN)N1CC(C)CC(C)C1. The highest BCUT2D eigenvalue weighted by Crippen LogP contribution is 2.30. The summed E-state index contributed by atoms with van der Waals surface area (Å²) in [5.74, 6) is 1.20. The molecule has 1 aliphatic heterocycles. The lowest BCUT2D eigenvalue weighted by Crippen LogP contribution is -2.43. The largest absolute Gasteiger partial charge is 0.329 e. The number of likely N-dealkylation sites (tertiary alicyclic amines) is 1.